The quantitative estimate of drug-likeness (QED) is 0.913. The molecule has 108 valence electrons. The normalized spacial score (nSPS) is 24.1. The van der Waals surface area contributed by atoms with Crippen molar-refractivity contribution in [1.29, 1.82) is 0 Å². The predicted octanol–water partition coefficient (Wildman–Crippen LogP) is 2.57. The molecule has 0 radical (unpaired) electrons. The summed E-state index contributed by atoms with van der Waals surface area (Å²) >= 11 is 0. The van der Waals surface area contributed by atoms with Crippen LogP contribution in [0.5, 0.6) is 0 Å². The minimum absolute atomic E-state index is 0.294. The van der Waals surface area contributed by atoms with Gasteiger partial charge in [0.15, 0.2) is 0 Å². The van der Waals surface area contributed by atoms with Crippen LogP contribution in [0.2, 0.25) is 0 Å². The molecule has 1 aliphatic heterocycles. The van der Waals surface area contributed by atoms with Crippen molar-refractivity contribution in [2.24, 2.45) is 5.92 Å². The lowest BCUT2D eigenvalue weighted by molar-refractivity contribution is -0.128. The zero-order valence-electron chi connectivity index (χ0n) is 12.1. The van der Waals surface area contributed by atoms with Crippen molar-refractivity contribution in [2.45, 2.75) is 44.7 Å². The Bertz CT molecular complexity index is 442. The summed E-state index contributed by atoms with van der Waals surface area (Å²) in [5.74, 6) is 0.599. The Kier molecular flexibility index (Phi) is 4.36. The van der Waals surface area contributed by atoms with Crippen LogP contribution in [0.15, 0.2) is 30.3 Å². The van der Waals surface area contributed by atoms with Crippen LogP contribution in [0.1, 0.15) is 37.7 Å². The minimum atomic E-state index is 0.294. The first-order valence-electron chi connectivity index (χ1n) is 7.88. The van der Waals surface area contributed by atoms with Crippen molar-refractivity contribution in [1.82, 2.24) is 10.2 Å². The summed E-state index contributed by atoms with van der Waals surface area (Å²) < 4.78 is 0. The number of likely N-dealkylation sites (tertiary alicyclic amines) is 1. The Labute approximate surface area is 121 Å². The molecule has 1 aliphatic carbocycles. The van der Waals surface area contributed by atoms with Crippen molar-refractivity contribution in [3.05, 3.63) is 35.9 Å². The molecule has 1 aromatic rings. The zero-order chi connectivity index (χ0) is 13.8. The molecule has 1 atom stereocenters. The Morgan fingerprint density at radius 2 is 1.95 bits per heavy atom. The van der Waals surface area contributed by atoms with E-state index >= 15 is 0 Å². The molecule has 3 heteroatoms. The lowest BCUT2D eigenvalue weighted by Gasteiger charge is -2.35. The van der Waals surface area contributed by atoms with Crippen LogP contribution in [-0.4, -0.2) is 29.9 Å². The van der Waals surface area contributed by atoms with Crippen molar-refractivity contribution in [3.63, 3.8) is 0 Å². The molecule has 1 saturated heterocycles. The molecule has 1 saturated carbocycles. The van der Waals surface area contributed by atoms with E-state index in [0.717, 1.165) is 38.9 Å². The van der Waals surface area contributed by atoms with Gasteiger partial charge in [-0.25, -0.2) is 0 Å². The molecule has 2 fully saturated rings. The lowest BCUT2D eigenvalue weighted by atomic mass is 9.84. The number of amides is 1. The Morgan fingerprint density at radius 3 is 2.65 bits per heavy atom. The van der Waals surface area contributed by atoms with Crippen molar-refractivity contribution >= 4 is 5.91 Å². The van der Waals surface area contributed by atoms with Crippen molar-refractivity contribution in [2.75, 3.05) is 13.1 Å². The summed E-state index contributed by atoms with van der Waals surface area (Å²) in [5, 5.41) is 3.26. The second-order valence-electron chi connectivity index (χ2n) is 6.20. The Morgan fingerprint density at radius 1 is 1.15 bits per heavy atom. The van der Waals surface area contributed by atoms with Gasteiger partial charge in [-0.2, -0.15) is 0 Å². The molecule has 3 nitrogen and oxygen atoms in total. The summed E-state index contributed by atoms with van der Waals surface area (Å²) in [7, 11) is 0. The van der Waals surface area contributed by atoms with Gasteiger partial charge in [-0.05, 0) is 37.8 Å². The van der Waals surface area contributed by atoms with E-state index in [1.54, 1.807) is 0 Å². The summed E-state index contributed by atoms with van der Waals surface area (Å²) in [6.45, 7) is 3.13. The maximum absolute atomic E-state index is 12.0. The standard InChI is InChI=1S/C17H24N2O/c20-17(15-8-4-9-15)18-16-10-5-11-19(13-16)12-14-6-2-1-3-7-14/h1-3,6-7,15-16H,4-5,8-13H2,(H,18,20)/t16-/m1/s1. The first-order valence-corrected chi connectivity index (χ1v) is 7.88. The number of carbonyl (C=O) groups is 1. The number of benzene rings is 1. The molecular weight excluding hydrogens is 248 g/mol. The zero-order valence-corrected chi connectivity index (χ0v) is 12.1. The fourth-order valence-electron chi connectivity index (χ4n) is 3.15. The van der Waals surface area contributed by atoms with Crippen molar-refractivity contribution < 1.29 is 4.79 Å². The fraction of sp³-hybridized carbons (Fsp3) is 0.588. The predicted molar refractivity (Wildman–Crippen MR) is 80.2 cm³/mol. The van der Waals surface area contributed by atoms with Gasteiger partial charge in [-0.15, -0.1) is 0 Å². The van der Waals surface area contributed by atoms with Gasteiger partial charge in [0.05, 0.1) is 0 Å². The average molecular weight is 272 g/mol. The molecule has 0 aromatic heterocycles. The largest absolute Gasteiger partial charge is 0.352 e. The van der Waals surface area contributed by atoms with E-state index in [4.69, 9.17) is 0 Å². The van der Waals surface area contributed by atoms with Crippen LogP contribution in [-0.2, 0) is 11.3 Å². The van der Waals surface area contributed by atoms with Crippen LogP contribution in [0, 0.1) is 5.92 Å². The molecule has 1 aromatic carbocycles. The van der Waals surface area contributed by atoms with E-state index < -0.39 is 0 Å². The summed E-state index contributed by atoms with van der Waals surface area (Å²) in [4.78, 5) is 14.5. The number of piperidine rings is 1. The van der Waals surface area contributed by atoms with Crippen molar-refractivity contribution in [3.8, 4) is 0 Å². The molecule has 0 unspecified atom stereocenters. The minimum Gasteiger partial charge on any atom is -0.352 e. The topological polar surface area (TPSA) is 32.3 Å². The van der Waals surface area contributed by atoms with Crippen LogP contribution in [0.3, 0.4) is 0 Å². The SMILES string of the molecule is O=C(N[C@@H]1CCCN(Cc2ccccc2)C1)C1CCC1. The molecule has 2 aliphatic rings. The van der Waals surface area contributed by atoms with E-state index in [-0.39, 0.29) is 0 Å². The van der Waals surface area contributed by atoms with Crippen LogP contribution in [0.25, 0.3) is 0 Å². The molecule has 1 amide bonds. The monoisotopic (exact) mass is 272 g/mol. The van der Waals surface area contributed by atoms with Gasteiger partial charge in [0.2, 0.25) is 5.91 Å². The molecule has 0 bridgehead atoms. The third-order valence-corrected chi connectivity index (χ3v) is 4.58. The highest BCUT2D eigenvalue weighted by atomic mass is 16.2. The van der Waals surface area contributed by atoms with Gasteiger partial charge in [-0.1, -0.05) is 36.8 Å². The Balaban J connectivity index is 1.49. The van der Waals surface area contributed by atoms with Gasteiger partial charge < -0.3 is 5.32 Å². The van der Waals surface area contributed by atoms with Gasteiger partial charge in [0.25, 0.3) is 0 Å². The first-order chi connectivity index (χ1) is 9.81. The number of carbonyl (C=O) groups excluding carboxylic acids is 1. The van der Waals surface area contributed by atoms with Gasteiger partial charge >= 0.3 is 0 Å². The van der Waals surface area contributed by atoms with Crippen LogP contribution >= 0.6 is 0 Å². The smallest absolute Gasteiger partial charge is 0.223 e. The number of nitrogens with zero attached hydrogens (tertiary/aromatic N) is 1. The summed E-state index contributed by atoms with van der Waals surface area (Å²) in [5.41, 5.74) is 1.36. The van der Waals surface area contributed by atoms with E-state index in [2.05, 4.69) is 40.5 Å². The third-order valence-electron chi connectivity index (χ3n) is 4.58. The first kappa shape index (κ1) is 13.6. The van der Waals surface area contributed by atoms with Gasteiger partial charge in [0.1, 0.15) is 0 Å². The van der Waals surface area contributed by atoms with Crippen LogP contribution in [0.4, 0.5) is 0 Å². The highest BCUT2D eigenvalue weighted by Crippen LogP contribution is 2.26. The van der Waals surface area contributed by atoms with Gasteiger partial charge in [-0.3, -0.25) is 9.69 Å². The molecule has 0 spiro atoms. The highest BCUT2D eigenvalue weighted by Gasteiger charge is 2.28. The number of hydrogen-bond acceptors (Lipinski definition) is 2. The lowest BCUT2D eigenvalue weighted by Crippen LogP contribution is -2.49. The van der Waals surface area contributed by atoms with E-state index in [1.165, 1.54) is 18.4 Å². The molecule has 3 rings (SSSR count). The highest BCUT2D eigenvalue weighted by molar-refractivity contribution is 5.79. The summed E-state index contributed by atoms with van der Waals surface area (Å²) in [6.07, 6.45) is 5.72. The number of rotatable bonds is 4. The summed E-state index contributed by atoms with van der Waals surface area (Å²) in [6, 6.07) is 10.9. The molecular formula is C17H24N2O. The maximum atomic E-state index is 12.0. The molecule has 1 N–H and O–H groups in total. The van der Waals surface area contributed by atoms with Crippen LogP contribution < -0.4 is 5.32 Å². The maximum Gasteiger partial charge on any atom is 0.223 e. The average Bonchev–Trinajstić information content (AvgIpc) is 2.38. The fourth-order valence-corrected chi connectivity index (χ4v) is 3.15. The second-order valence-corrected chi connectivity index (χ2v) is 6.20. The molecule has 1 heterocycles. The van der Waals surface area contributed by atoms with E-state index in [1.807, 2.05) is 0 Å². The molecule has 20 heavy (non-hydrogen) atoms. The van der Waals surface area contributed by atoms with Gasteiger partial charge in [0, 0.05) is 25.0 Å². The second kappa shape index (κ2) is 6.40. The number of hydrogen-bond donors (Lipinski definition) is 1. The van der Waals surface area contributed by atoms with E-state index in [9.17, 15) is 4.79 Å². The number of nitrogens with one attached hydrogen (secondary N) is 1. The third kappa shape index (κ3) is 3.40. The van der Waals surface area contributed by atoms with E-state index in [0.29, 0.717) is 17.9 Å². The Hall–Kier alpha value is -1.35.